The lowest BCUT2D eigenvalue weighted by atomic mass is 10.1. The van der Waals surface area contributed by atoms with Crippen molar-refractivity contribution in [3.05, 3.63) is 71.7 Å². The van der Waals surface area contributed by atoms with Gasteiger partial charge in [0, 0.05) is 11.9 Å². The van der Waals surface area contributed by atoms with Crippen molar-refractivity contribution in [2.75, 3.05) is 23.0 Å². The van der Waals surface area contributed by atoms with Crippen molar-refractivity contribution in [1.29, 1.82) is 0 Å². The molecule has 2 aromatic carbocycles. The van der Waals surface area contributed by atoms with Gasteiger partial charge in [-0.2, -0.15) is 9.97 Å². The second kappa shape index (κ2) is 10.2. The Kier molecular flexibility index (Phi) is 6.80. The summed E-state index contributed by atoms with van der Waals surface area (Å²) in [6.07, 6.45) is -0.401. The third-order valence-corrected chi connectivity index (χ3v) is 7.76. The molecule has 5 rings (SSSR count). The van der Waals surface area contributed by atoms with Crippen LogP contribution in [0.15, 0.2) is 64.1 Å². The highest BCUT2D eigenvalue weighted by Gasteiger charge is 2.25. The van der Waals surface area contributed by atoms with Gasteiger partial charge in [0.05, 0.1) is 23.3 Å². The molecule has 1 aliphatic heterocycles. The molecule has 0 aliphatic carbocycles. The first kappa shape index (κ1) is 24.7. The van der Waals surface area contributed by atoms with E-state index in [4.69, 9.17) is 4.52 Å². The Bertz CT molecular complexity index is 1510. The third kappa shape index (κ3) is 5.27. The second-order valence-electron chi connectivity index (χ2n) is 8.37. The van der Waals surface area contributed by atoms with E-state index in [9.17, 15) is 22.3 Å². The van der Waals surface area contributed by atoms with E-state index in [1.165, 1.54) is 6.20 Å². The number of hydrogen-bond acceptors (Lipinski definition) is 10. The molecule has 1 atom stereocenters. The number of rotatable bonds is 8. The smallest absolute Gasteiger partial charge is 0.300 e. The number of aryl methyl sites for hydroxylation is 1. The van der Waals surface area contributed by atoms with E-state index >= 15 is 0 Å². The van der Waals surface area contributed by atoms with Crippen molar-refractivity contribution in [3.63, 3.8) is 0 Å². The number of alkyl halides is 2. The molecule has 10 nitrogen and oxygen atoms in total. The first-order chi connectivity index (χ1) is 17.8. The van der Waals surface area contributed by atoms with Crippen LogP contribution in [0.25, 0.3) is 11.5 Å². The summed E-state index contributed by atoms with van der Waals surface area (Å²) in [4.78, 5) is 12.8. The number of fused-ring (bicyclic) bond motifs is 1. The van der Waals surface area contributed by atoms with Gasteiger partial charge in [0.1, 0.15) is 11.4 Å². The lowest BCUT2D eigenvalue weighted by Crippen LogP contribution is -2.17. The summed E-state index contributed by atoms with van der Waals surface area (Å²) in [5.74, 6) is -0.557. The van der Waals surface area contributed by atoms with E-state index in [0.717, 1.165) is 5.56 Å². The summed E-state index contributed by atoms with van der Waals surface area (Å²) in [6, 6.07) is 13.4. The van der Waals surface area contributed by atoms with Crippen LogP contribution < -0.4 is 10.6 Å². The highest BCUT2D eigenvalue weighted by atomic mass is 32.2. The topological polar surface area (TPSA) is 143 Å². The largest absolute Gasteiger partial charge is 0.394 e. The Morgan fingerprint density at radius 2 is 1.92 bits per heavy atom. The summed E-state index contributed by atoms with van der Waals surface area (Å²) in [5, 5.41) is 19.5. The Balaban J connectivity index is 1.50. The maximum absolute atomic E-state index is 13.0. The van der Waals surface area contributed by atoms with Gasteiger partial charge in [-0.15, -0.1) is 0 Å². The average molecular weight is 529 g/mol. The van der Waals surface area contributed by atoms with Crippen molar-refractivity contribution >= 4 is 27.3 Å². The van der Waals surface area contributed by atoms with Gasteiger partial charge >= 0.3 is 6.43 Å². The molecule has 1 aliphatic rings. The van der Waals surface area contributed by atoms with Crippen LogP contribution in [0.2, 0.25) is 0 Å². The molecular weight excluding hydrogens is 506 g/mol. The number of nitrogens with one attached hydrogen (secondary N) is 2. The van der Waals surface area contributed by atoms with Gasteiger partial charge in [-0.25, -0.2) is 22.2 Å². The van der Waals surface area contributed by atoms with Gasteiger partial charge in [0.15, 0.2) is 9.84 Å². The Hall–Kier alpha value is -3.97. The molecule has 0 saturated carbocycles. The fourth-order valence-electron chi connectivity index (χ4n) is 4.07. The van der Waals surface area contributed by atoms with Gasteiger partial charge in [-0.05, 0) is 42.2 Å². The van der Waals surface area contributed by atoms with Crippen molar-refractivity contribution in [3.8, 4) is 11.5 Å². The quantitative estimate of drug-likeness (QED) is 0.306. The SMILES string of the molecule is O=S1(=O)CCCc2cc(Nc3ncc(-c4nc(C(F)F)no4)c(N[C@H](CO)c4ccccc4)n3)ccc21. The molecule has 2 aromatic heterocycles. The normalized spacial score (nSPS) is 15.2. The van der Waals surface area contributed by atoms with Gasteiger partial charge < -0.3 is 20.3 Å². The van der Waals surface area contributed by atoms with Crippen molar-refractivity contribution in [1.82, 2.24) is 20.1 Å². The molecule has 192 valence electrons. The predicted molar refractivity (Wildman–Crippen MR) is 130 cm³/mol. The minimum Gasteiger partial charge on any atom is -0.394 e. The Morgan fingerprint density at radius 1 is 1.11 bits per heavy atom. The number of hydrogen-bond donors (Lipinski definition) is 3. The zero-order chi connectivity index (χ0) is 26.0. The average Bonchev–Trinajstić information content (AvgIpc) is 3.38. The molecule has 0 amide bonds. The number of benzene rings is 2. The lowest BCUT2D eigenvalue weighted by Gasteiger charge is -2.20. The number of anilines is 3. The molecule has 0 saturated heterocycles. The maximum Gasteiger partial charge on any atom is 0.300 e. The second-order valence-corrected chi connectivity index (χ2v) is 10.5. The van der Waals surface area contributed by atoms with Gasteiger partial charge in [0.25, 0.3) is 5.89 Å². The fourth-order valence-corrected chi connectivity index (χ4v) is 5.65. The molecule has 0 unspecified atom stereocenters. The number of halogens is 2. The number of aliphatic hydroxyl groups is 1. The van der Waals surface area contributed by atoms with E-state index in [2.05, 4.69) is 30.7 Å². The highest BCUT2D eigenvalue weighted by molar-refractivity contribution is 7.91. The summed E-state index contributed by atoms with van der Waals surface area (Å²) in [5.41, 5.74) is 2.21. The van der Waals surface area contributed by atoms with E-state index in [0.29, 0.717) is 29.0 Å². The summed E-state index contributed by atoms with van der Waals surface area (Å²) < 4.78 is 55.7. The molecular formula is C24H22F2N6O4S. The minimum absolute atomic E-state index is 0.128. The summed E-state index contributed by atoms with van der Waals surface area (Å²) >= 11 is 0. The first-order valence-electron chi connectivity index (χ1n) is 11.4. The van der Waals surface area contributed by atoms with Crippen LogP contribution in [0.3, 0.4) is 0 Å². The molecule has 3 heterocycles. The molecule has 4 aromatic rings. The first-order valence-corrected chi connectivity index (χ1v) is 13.0. The van der Waals surface area contributed by atoms with Crippen LogP contribution >= 0.6 is 0 Å². The standard InChI is InChI=1S/C24H22F2N6O4S/c25-20(26)22-30-23(36-32-22)17-12-27-24(31-21(17)29-18(13-33)14-5-2-1-3-6-14)28-16-8-9-19-15(11-16)7-4-10-37(19,34)35/h1-3,5-6,8-9,11-12,18,20,33H,4,7,10,13H2,(H2,27,28,29,31)/t18-/m1/s1. The monoisotopic (exact) mass is 528 g/mol. The number of aromatic nitrogens is 4. The van der Waals surface area contributed by atoms with Crippen LogP contribution in [0.1, 0.15) is 35.8 Å². The molecule has 0 bridgehead atoms. The fraction of sp³-hybridized carbons (Fsp3) is 0.250. The zero-order valence-electron chi connectivity index (χ0n) is 19.3. The number of aliphatic hydroxyl groups excluding tert-OH is 1. The van der Waals surface area contributed by atoms with E-state index in [-0.39, 0.29) is 35.6 Å². The van der Waals surface area contributed by atoms with Crippen molar-refractivity contribution in [2.24, 2.45) is 0 Å². The molecule has 3 N–H and O–H groups in total. The van der Waals surface area contributed by atoms with E-state index in [1.807, 2.05) is 30.3 Å². The number of sulfone groups is 1. The summed E-state index contributed by atoms with van der Waals surface area (Å²) in [7, 11) is -3.29. The summed E-state index contributed by atoms with van der Waals surface area (Å²) in [6.45, 7) is -0.290. The van der Waals surface area contributed by atoms with Crippen molar-refractivity contribution < 1.29 is 26.8 Å². The molecule has 0 radical (unpaired) electrons. The minimum atomic E-state index is -3.29. The molecule has 0 spiro atoms. The van der Waals surface area contributed by atoms with Gasteiger partial charge in [0.2, 0.25) is 11.8 Å². The predicted octanol–water partition coefficient (Wildman–Crippen LogP) is 4.07. The molecule has 37 heavy (non-hydrogen) atoms. The lowest BCUT2D eigenvalue weighted by molar-refractivity contribution is 0.136. The maximum atomic E-state index is 13.0. The van der Waals surface area contributed by atoms with Crippen LogP contribution in [0, 0.1) is 0 Å². The van der Waals surface area contributed by atoms with Crippen LogP contribution in [-0.2, 0) is 16.3 Å². The van der Waals surface area contributed by atoms with Crippen LogP contribution in [-0.4, -0.2) is 46.0 Å². The molecule has 13 heteroatoms. The van der Waals surface area contributed by atoms with Gasteiger partial charge in [-0.3, -0.25) is 0 Å². The van der Waals surface area contributed by atoms with Gasteiger partial charge in [-0.1, -0.05) is 35.5 Å². The Labute approximate surface area is 210 Å². The van der Waals surface area contributed by atoms with E-state index < -0.39 is 28.1 Å². The zero-order valence-corrected chi connectivity index (χ0v) is 20.1. The van der Waals surface area contributed by atoms with E-state index in [1.54, 1.807) is 18.2 Å². The van der Waals surface area contributed by atoms with Crippen LogP contribution in [0.5, 0.6) is 0 Å². The van der Waals surface area contributed by atoms with Crippen molar-refractivity contribution in [2.45, 2.75) is 30.2 Å². The Morgan fingerprint density at radius 3 is 2.65 bits per heavy atom. The van der Waals surface area contributed by atoms with Crippen LogP contribution in [0.4, 0.5) is 26.2 Å². The number of nitrogens with zero attached hydrogens (tertiary/aromatic N) is 4. The molecule has 0 fully saturated rings. The highest BCUT2D eigenvalue weighted by Crippen LogP contribution is 2.32. The third-order valence-electron chi connectivity index (χ3n) is 5.86.